The molecule has 0 aliphatic carbocycles. The van der Waals surface area contributed by atoms with E-state index in [9.17, 15) is 13.2 Å². The number of hydrogen-bond donors (Lipinski definition) is 1. The molecule has 1 unspecified atom stereocenters. The number of carbonyl (C=O) groups excluding carboxylic acids is 1. The van der Waals surface area contributed by atoms with Crippen molar-refractivity contribution < 1.29 is 13.2 Å². The molecule has 150 valence electrons. The Bertz CT molecular complexity index is 743. The van der Waals surface area contributed by atoms with Gasteiger partial charge in [0.1, 0.15) is 0 Å². The van der Waals surface area contributed by atoms with Crippen molar-refractivity contribution in [1.29, 1.82) is 0 Å². The van der Waals surface area contributed by atoms with Gasteiger partial charge in [0.05, 0.1) is 5.92 Å². The third kappa shape index (κ3) is 5.09. The minimum Gasteiger partial charge on any atom is -0.352 e. The molecule has 27 heavy (non-hydrogen) atoms. The molecule has 2 fully saturated rings. The van der Waals surface area contributed by atoms with Crippen LogP contribution in [-0.2, 0) is 21.5 Å². The van der Waals surface area contributed by atoms with Crippen molar-refractivity contribution in [1.82, 2.24) is 13.9 Å². The van der Waals surface area contributed by atoms with Gasteiger partial charge in [0, 0.05) is 32.7 Å². The lowest BCUT2D eigenvalue weighted by Crippen LogP contribution is -2.50. The van der Waals surface area contributed by atoms with E-state index in [1.54, 1.807) is 4.31 Å². The summed E-state index contributed by atoms with van der Waals surface area (Å²) in [5.41, 5.74) is 2.24. The Morgan fingerprint density at radius 2 is 1.70 bits per heavy atom. The van der Waals surface area contributed by atoms with Gasteiger partial charge in [-0.2, -0.15) is 17.0 Å². The first kappa shape index (κ1) is 20.3. The molecule has 1 amide bonds. The monoisotopic (exact) mass is 393 g/mol. The van der Waals surface area contributed by atoms with Gasteiger partial charge >= 0.3 is 0 Å². The van der Waals surface area contributed by atoms with Crippen molar-refractivity contribution in [2.75, 3.05) is 26.2 Å². The highest BCUT2D eigenvalue weighted by molar-refractivity contribution is 7.86. The highest BCUT2D eigenvalue weighted by Crippen LogP contribution is 2.23. The molecule has 1 aromatic carbocycles. The molecule has 0 radical (unpaired) electrons. The fraction of sp³-hybridized carbons (Fsp3) is 0.650. The summed E-state index contributed by atoms with van der Waals surface area (Å²) in [5, 5.41) is 3.00. The van der Waals surface area contributed by atoms with Gasteiger partial charge in [-0.15, -0.1) is 0 Å². The summed E-state index contributed by atoms with van der Waals surface area (Å²) >= 11 is 0. The molecule has 0 spiro atoms. The number of hydrogen-bond acceptors (Lipinski definition) is 3. The van der Waals surface area contributed by atoms with Gasteiger partial charge in [-0.3, -0.25) is 4.79 Å². The Balaban J connectivity index is 1.59. The number of aryl methyl sites for hydroxylation is 1. The molecule has 2 aliphatic rings. The van der Waals surface area contributed by atoms with Gasteiger partial charge in [-0.25, -0.2) is 0 Å². The molecule has 1 aromatic rings. The van der Waals surface area contributed by atoms with Crippen LogP contribution in [0.25, 0.3) is 0 Å². The summed E-state index contributed by atoms with van der Waals surface area (Å²) in [7, 11) is -3.46. The Kier molecular flexibility index (Phi) is 6.89. The lowest BCUT2D eigenvalue weighted by molar-refractivity contribution is -0.126. The van der Waals surface area contributed by atoms with E-state index in [2.05, 4.69) is 5.32 Å². The summed E-state index contributed by atoms with van der Waals surface area (Å²) in [6, 6.07) is 7.97. The smallest absolute Gasteiger partial charge is 0.281 e. The summed E-state index contributed by atoms with van der Waals surface area (Å²) in [5.74, 6) is -0.321. The number of benzene rings is 1. The first-order valence-corrected chi connectivity index (χ1v) is 11.5. The largest absolute Gasteiger partial charge is 0.352 e. The lowest BCUT2D eigenvalue weighted by Gasteiger charge is -2.34. The fourth-order valence-electron chi connectivity index (χ4n) is 3.94. The van der Waals surface area contributed by atoms with Crippen LogP contribution in [0.2, 0.25) is 0 Å². The zero-order valence-corrected chi connectivity index (χ0v) is 17.0. The average molecular weight is 394 g/mol. The van der Waals surface area contributed by atoms with Crippen LogP contribution in [-0.4, -0.2) is 49.1 Å². The minimum absolute atomic E-state index is 0.0472. The second-order valence-electron chi connectivity index (χ2n) is 7.66. The second-order valence-corrected chi connectivity index (χ2v) is 9.59. The fourth-order valence-corrected chi connectivity index (χ4v) is 5.71. The Morgan fingerprint density at radius 3 is 2.41 bits per heavy atom. The average Bonchev–Trinajstić information content (AvgIpc) is 2.97. The zero-order valence-electron chi connectivity index (χ0n) is 16.2. The highest BCUT2D eigenvalue weighted by atomic mass is 32.2. The molecule has 0 bridgehead atoms. The number of amides is 1. The van der Waals surface area contributed by atoms with Gasteiger partial charge in [0.25, 0.3) is 10.2 Å². The maximum Gasteiger partial charge on any atom is 0.281 e. The van der Waals surface area contributed by atoms with Crippen molar-refractivity contribution in [3.05, 3.63) is 35.4 Å². The lowest BCUT2D eigenvalue weighted by atomic mass is 9.98. The number of rotatable bonds is 5. The van der Waals surface area contributed by atoms with Crippen molar-refractivity contribution >= 4 is 16.1 Å². The third-order valence-corrected chi connectivity index (χ3v) is 7.69. The van der Waals surface area contributed by atoms with E-state index >= 15 is 0 Å². The zero-order chi connectivity index (χ0) is 19.3. The molecule has 7 heteroatoms. The van der Waals surface area contributed by atoms with E-state index in [0.717, 1.165) is 49.7 Å². The molecule has 2 heterocycles. The van der Waals surface area contributed by atoms with Crippen LogP contribution < -0.4 is 5.32 Å². The number of nitrogens with zero attached hydrogens (tertiary/aromatic N) is 2. The normalized spacial score (nSPS) is 22.9. The van der Waals surface area contributed by atoms with E-state index in [1.165, 1.54) is 4.31 Å². The standard InChI is InChI=1S/C20H31N3O3S/c1-17-9-4-5-10-18(17)15-21-20(24)19-11-8-14-23(16-19)27(25,26)22-12-6-2-3-7-13-22/h4-5,9-10,19H,2-3,6-8,11-16H2,1H3,(H,21,24). The van der Waals surface area contributed by atoms with E-state index in [0.29, 0.717) is 32.7 Å². The third-order valence-electron chi connectivity index (χ3n) is 5.69. The first-order valence-electron chi connectivity index (χ1n) is 10.1. The second kappa shape index (κ2) is 9.17. The number of carbonyl (C=O) groups is 1. The topological polar surface area (TPSA) is 69.7 Å². The number of nitrogens with one attached hydrogen (secondary N) is 1. The van der Waals surface area contributed by atoms with Crippen LogP contribution in [0.4, 0.5) is 0 Å². The van der Waals surface area contributed by atoms with Crippen LogP contribution in [0.15, 0.2) is 24.3 Å². The molecular weight excluding hydrogens is 362 g/mol. The molecule has 6 nitrogen and oxygen atoms in total. The Hall–Kier alpha value is -1.44. The van der Waals surface area contributed by atoms with Crippen molar-refractivity contribution in [3.8, 4) is 0 Å². The van der Waals surface area contributed by atoms with E-state index < -0.39 is 10.2 Å². The molecule has 2 saturated heterocycles. The van der Waals surface area contributed by atoms with Crippen LogP contribution in [0, 0.1) is 12.8 Å². The molecule has 3 rings (SSSR count). The highest BCUT2D eigenvalue weighted by Gasteiger charge is 2.35. The molecule has 1 atom stereocenters. The maximum absolute atomic E-state index is 13.0. The van der Waals surface area contributed by atoms with E-state index in [4.69, 9.17) is 0 Å². The predicted octanol–water partition coefficient (Wildman–Crippen LogP) is 2.44. The Labute approximate surface area is 163 Å². The van der Waals surface area contributed by atoms with Gasteiger partial charge in [-0.05, 0) is 43.7 Å². The van der Waals surface area contributed by atoms with Crippen LogP contribution in [0.1, 0.15) is 49.7 Å². The van der Waals surface area contributed by atoms with Crippen molar-refractivity contribution in [2.24, 2.45) is 5.92 Å². The predicted molar refractivity (Wildman–Crippen MR) is 106 cm³/mol. The Morgan fingerprint density at radius 1 is 1.04 bits per heavy atom. The van der Waals surface area contributed by atoms with Gasteiger partial charge in [0.2, 0.25) is 5.91 Å². The molecule has 2 aliphatic heterocycles. The van der Waals surface area contributed by atoms with Crippen LogP contribution in [0.5, 0.6) is 0 Å². The summed E-state index contributed by atoms with van der Waals surface area (Å²) in [6.45, 7) is 4.52. The molecule has 0 saturated carbocycles. The van der Waals surface area contributed by atoms with E-state index in [1.807, 2.05) is 31.2 Å². The van der Waals surface area contributed by atoms with Crippen molar-refractivity contribution in [2.45, 2.75) is 52.0 Å². The summed E-state index contributed by atoms with van der Waals surface area (Å²) in [4.78, 5) is 12.6. The first-order chi connectivity index (χ1) is 13.0. The van der Waals surface area contributed by atoms with Gasteiger partial charge < -0.3 is 5.32 Å². The summed E-state index contributed by atoms with van der Waals surface area (Å²) < 4.78 is 29.2. The minimum atomic E-state index is -3.46. The van der Waals surface area contributed by atoms with Crippen LogP contribution >= 0.6 is 0 Å². The maximum atomic E-state index is 13.0. The molecule has 1 N–H and O–H groups in total. The van der Waals surface area contributed by atoms with E-state index in [-0.39, 0.29) is 11.8 Å². The van der Waals surface area contributed by atoms with Gasteiger partial charge in [0.15, 0.2) is 0 Å². The van der Waals surface area contributed by atoms with Gasteiger partial charge in [-0.1, -0.05) is 37.1 Å². The molecule has 0 aromatic heterocycles. The SMILES string of the molecule is Cc1ccccc1CNC(=O)C1CCCN(S(=O)(=O)N2CCCCCC2)C1. The van der Waals surface area contributed by atoms with Crippen molar-refractivity contribution in [3.63, 3.8) is 0 Å². The van der Waals surface area contributed by atoms with Crippen LogP contribution in [0.3, 0.4) is 0 Å². The quantitative estimate of drug-likeness (QED) is 0.835. The summed E-state index contributed by atoms with van der Waals surface area (Å²) in [6.07, 6.45) is 5.51. The number of piperidine rings is 1. The molecular formula is C20H31N3O3S.